The average molecular weight is 338 g/mol. The number of benzene rings is 2. The van der Waals surface area contributed by atoms with E-state index in [1.54, 1.807) is 4.68 Å². The van der Waals surface area contributed by atoms with Crippen LogP contribution in [-0.2, 0) is 29.2 Å². The Kier molecular flexibility index (Phi) is 5.40. The first-order chi connectivity index (χ1) is 12.1. The lowest BCUT2D eigenvalue weighted by Gasteiger charge is -2.13. The van der Waals surface area contributed by atoms with Crippen LogP contribution in [0.2, 0.25) is 0 Å². The van der Waals surface area contributed by atoms with Crippen LogP contribution in [0.5, 0.6) is 0 Å². The zero-order valence-electron chi connectivity index (χ0n) is 14.5. The third-order valence-electron chi connectivity index (χ3n) is 3.88. The van der Waals surface area contributed by atoms with Gasteiger partial charge in [-0.1, -0.05) is 41.6 Å². The summed E-state index contributed by atoms with van der Waals surface area (Å²) < 4.78 is 7.28. The topological polar surface area (TPSA) is 69.0 Å². The van der Waals surface area contributed by atoms with Crippen molar-refractivity contribution in [2.75, 3.05) is 0 Å². The molecule has 3 rings (SSSR count). The summed E-state index contributed by atoms with van der Waals surface area (Å²) in [4.78, 5) is 12.3. The SMILES string of the molecule is CC(C)OCc1ccccc1CNC(=O)Cn1nnc2ccccc21. The van der Waals surface area contributed by atoms with Crippen LogP contribution in [0.15, 0.2) is 48.5 Å². The molecule has 1 amide bonds. The summed E-state index contributed by atoms with van der Waals surface area (Å²) in [5, 5.41) is 11.1. The number of nitrogens with one attached hydrogen (secondary N) is 1. The monoisotopic (exact) mass is 338 g/mol. The van der Waals surface area contributed by atoms with Crippen molar-refractivity contribution in [1.82, 2.24) is 20.3 Å². The summed E-state index contributed by atoms with van der Waals surface area (Å²) in [5.74, 6) is -0.102. The molecule has 1 heterocycles. The molecule has 0 bridgehead atoms. The van der Waals surface area contributed by atoms with E-state index in [2.05, 4.69) is 15.6 Å². The largest absolute Gasteiger partial charge is 0.374 e. The van der Waals surface area contributed by atoms with Crippen LogP contribution in [0.3, 0.4) is 0 Å². The first kappa shape index (κ1) is 17.1. The van der Waals surface area contributed by atoms with Gasteiger partial charge in [-0.25, -0.2) is 4.68 Å². The number of hydrogen-bond donors (Lipinski definition) is 1. The van der Waals surface area contributed by atoms with Crippen molar-refractivity contribution in [3.8, 4) is 0 Å². The number of carbonyl (C=O) groups is 1. The molecule has 0 fully saturated rings. The van der Waals surface area contributed by atoms with E-state index in [9.17, 15) is 4.79 Å². The predicted molar refractivity (Wildman–Crippen MR) is 95.7 cm³/mol. The molecule has 6 nitrogen and oxygen atoms in total. The van der Waals surface area contributed by atoms with Gasteiger partial charge in [-0.15, -0.1) is 5.10 Å². The molecule has 0 aliphatic heterocycles. The number of para-hydroxylation sites is 1. The van der Waals surface area contributed by atoms with Gasteiger partial charge in [0.1, 0.15) is 12.1 Å². The van der Waals surface area contributed by atoms with Crippen LogP contribution in [-0.4, -0.2) is 27.0 Å². The highest BCUT2D eigenvalue weighted by Gasteiger charge is 2.09. The Morgan fingerprint density at radius 3 is 2.64 bits per heavy atom. The van der Waals surface area contributed by atoms with Crippen LogP contribution in [0.1, 0.15) is 25.0 Å². The fraction of sp³-hybridized carbons (Fsp3) is 0.316. The van der Waals surface area contributed by atoms with Gasteiger partial charge in [0.05, 0.1) is 18.2 Å². The molecule has 0 saturated heterocycles. The molecular weight excluding hydrogens is 316 g/mol. The fourth-order valence-electron chi connectivity index (χ4n) is 2.55. The van der Waals surface area contributed by atoms with E-state index in [1.807, 2.05) is 62.4 Å². The molecule has 0 radical (unpaired) electrons. The van der Waals surface area contributed by atoms with E-state index < -0.39 is 0 Å². The highest BCUT2D eigenvalue weighted by atomic mass is 16.5. The van der Waals surface area contributed by atoms with Crippen molar-refractivity contribution in [2.24, 2.45) is 0 Å². The van der Waals surface area contributed by atoms with Crippen LogP contribution in [0.25, 0.3) is 11.0 Å². The summed E-state index contributed by atoms with van der Waals surface area (Å²) in [6, 6.07) is 15.6. The Morgan fingerprint density at radius 1 is 1.12 bits per heavy atom. The number of nitrogens with zero attached hydrogens (tertiary/aromatic N) is 3. The minimum absolute atomic E-state index is 0.102. The maximum absolute atomic E-state index is 12.3. The van der Waals surface area contributed by atoms with Gasteiger partial charge < -0.3 is 10.1 Å². The third-order valence-corrected chi connectivity index (χ3v) is 3.88. The lowest BCUT2D eigenvalue weighted by molar-refractivity contribution is -0.122. The molecule has 0 atom stereocenters. The summed E-state index contributed by atoms with van der Waals surface area (Å²) in [6.07, 6.45) is 0.170. The van der Waals surface area contributed by atoms with Gasteiger partial charge in [-0.3, -0.25) is 4.79 Å². The molecule has 0 unspecified atom stereocenters. The summed E-state index contributed by atoms with van der Waals surface area (Å²) >= 11 is 0. The second-order valence-corrected chi connectivity index (χ2v) is 6.14. The Morgan fingerprint density at radius 2 is 1.84 bits per heavy atom. The minimum atomic E-state index is -0.102. The van der Waals surface area contributed by atoms with E-state index in [1.165, 1.54) is 0 Å². The van der Waals surface area contributed by atoms with Crippen molar-refractivity contribution < 1.29 is 9.53 Å². The third kappa shape index (κ3) is 4.42. The van der Waals surface area contributed by atoms with Crippen LogP contribution >= 0.6 is 0 Å². The van der Waals surface area contributed by atoms with Gasteiger partial charge in [0.15, 0.2) is 0 Å². The summed E-state index contributed by atoms with van der Waals surface area (Å²) in [6.45, 7) is 5.16. The van der Waals surface area contributed by atoms with Crippen LogP contribution in [0, 0.1) is 0 Å². The van der Waals surface area contributed by atoms with E-state index in [0.29, 0.717) is 13.2 Å². The molecule has 0 aliphatic carbocycles. The quantitative estimate of drug-likeness (QED) is 0.719. The smallest absolute Gasteiger partial charge is 0.242 e. The van der Waals surface area contributed by atoms with Crippen molar-refractivity contribution in [3.05, 3.63) is 59.7 Å². The van der Waals surface area contributed by atoms with E-state index in [4.69, 9.17) is 4.74 Å². The van der Waals surface area contributed by atoms with Crippen molar-refractivity contribution >= 4 is 16.9 Å². The molecule has 0 saturated carbocycles. The molecule has 0 aliphatic rings. The Hall–Kier alpha value is -2.73. The molecule has 2 aromatic carbocycles. The summed E-state index contributed by atoms with van der Waals surface area (Å²) in [7, 11) is 0. The number of fused-ring (bicyclic) bond motifs is 1. The van der Waals surface area contributed by atoms with Gasteiger partial charge in [0.2, 0.25) is 5.91 Å². The van der Waals surface area contributed by atoms with Crippen molar-refractivity contribution in [1.29, 1.82) is 0 Å². The molecule has 25 heavy (non-hydrogen) atoms. The van der Waals surface area contributed by atoms with Gasteiger partial charge in [0.25, 0.3) is 0 Å². The normalized spacial score (nSPS) is 11.2. The molecule has 1 N–H and O–H groups in total. The Bertz CT molecular complexity index is 857. The predicted octanol–water partition coefficient (Wildman–Crippen LogP) is 2.67. The average Bonchev–Trinajstić information content (AvgIpc) is 3.02. The maximum atomic E-state index is 12.3. The Balaban J connectivity index is 1.61. The van der Waals surface area contributed by atoms with Crippen molar-refractivity contribution in [3.63, 3.8) is 0 Å². The number of aromatic nitrogens is 3. The van der Waals surface area contributed by atoms with Crippen molar-refractivity contribution in [2.45, 2.75) is 39.6 Å². The highest BCUT2D eigenvalue weighted by molar-refractivity contribution is 5.79. The molecular formula is C19H22N4O2. The second-order valence-electron chi connectivity index (χ2n) is 6.14. The van der Waals surface area contributed by atoms with E-state index in [-0.39, 0.29) is 18.6 Å². The standard InChI is InChI=1S/C19H22N4O2/c1-14(2)25-13-16-8-4-3-7-15(16)11-20-19(24)12-23-18-10-6-5-9-17(18)21-22-23/h3-10,14H,11-13H2,1-2H3,(H,20,24). The van der Waals surface area contributed by atoms with Gasteiger partial charge in [0, 0.05) is 6.54 Å². The van der Waals surface area contributed by atoms with E-state index >= 15 is 0 Å². The fourth-order valence-corrected chi connectivity index (χ4v) is 2.55. The van der Waals surface area contributed by atoms with Crippen LogP contribution in [0.4, 0.5) is 0 Å². The highest BCUT2D eigenvalue weighted by Crippen LogP contribution is 2.12. The number of ether oxygens (including phenoxy) is 1. The van der Waals surface area contributed by atoms with Gasteiger partial charge in [-0.2, -0.15) is 0 Å². The first-order valence-corrected chi connectivity index (χ1v) is 8.37. The number of hydrogen-bond acceptors (Lipinski definition) is 4. The molecule has 3 aromatic rings. The van der Waals surface area contributed by atoms with Gasteiger partial charge in [-0.05, 0) is 37.1 Å². The molecule has 0 spiro atoms. The Labute approximate surface area is 146 Å². The summed E-state index contributed by atoms with van der Waals surface area (Å²) in [5.41, 5.74) is 3.78. The number of carbonyl (C=O) groups excluding carboxylic acids is 1. The van der Waals surface area contributed by atoms with Crippen LogP contribution < -0.4 is 5.32 Å². The zero-order valence-corrected chi connectivity index (χ0v) is 14.5. The zero-order chi connectivity index (χ0) is 17.6. The molecule has 6 heteroatoms. The van der Waals surface area contributed by atoms with E-state index in [0.717, 1.165) is 22.2 Å². The van der Waals surface area contributed by atoms with Gasteiger partial charge >= 0.3 is 0 Å². The lowest BCUT2D eigenvalue weighted by atomic mass is 10.1. The lowest BCUT2D eigenvalue weighted by Crippen LogP contribution is -2.28. The molecule has 1 aromatic heterocycles. The minimum Gasteiger partial charge on any atom is -0.374 e. The number of rotatable bonds is 7. The maximum Gasteiger partial charge on any atom is 0.242 e. The number of amides is 1. The molecule has 130 valence electrons. The first-order valence-electron chi connectivity index (χ1n) is 8.37. The second kappa shape index (κ2) is 7.90.